The van der Waals surface area contributed by atoms with E-state index in [1.54, 1.807) is 18.4 Å². The van der Waals surface area contributed by atoms with E-state index < -0.39 is 0 Å². The molecule has 3 nitrogen and oxygen atoms in total. The van der Waals surface area contributed by atoms with Gasteiger partial charge in [0.25, 0.3) is 0 Å². The number of ether oxygens (including phenoxy) is 2. The van der Waals surface area contributed by atoms with Crippen LogP contribution in [0, 0.1) is 5.82 Å². The maximum absolute atomic E-state index is 13.1. The predicted molar refractivity (Wildman–Crippen MR) is 102 cm³/mol. The van der Waals surface area contributed by atoms with Crippen LogP contribution in [0.4, 0.5) is 4.39 Å². The number of hydrogen-bond acceptors (Lipinski definition) is 4. The van der Waals surface area contributed by atoms with Gasteiger partial charge in [-0.25, -0.2) is 4.39 Å². The molecule has 2 aromatic carbocycles. The Balaban J connectivity index is 1.64. The first-order valence-corrected chi connectivity index (χ1v) is 9.45. The lowest BCUT2D eigenvalue weighted by atomic mass is 10.1. The molecule has 0 amide bonds. The van der Waals surface area contributed by atoms with Crippen LogP contribution < -0.4 is 9.47 Å². The van der Waals surface area contributed by atoms with Crippen molar-refractivity contribution in [3.8, 4) is 21.9 Å². The van der Waals surface area contributed by atoms with E-state index in [0.29, 0.717) is 6.61 Å². The molecule has 0 N–H and O–H groups in total. The molecule has 1 aromatic heterocycles. The van der Waals surface area contributed by atoms with Gasteiger partial charge in [-0.1, -0.05) is 18.2 Å². The second kappa shape index (κ2) is 7.48. The minimum absolute atomic E-state index is 0.205. The fourth-order valence-electron chi connectivity index (χ4n) is 3.26. The van der Waals surface area contributed by atoms with Gasteiger partial charge < -0.3 is 9.47 Å². The van der Waals surface area contributed by atoms with Crippen molar-refractivity contribution >= 4 is 11.3 Å². The minimum atomic E-state index is -0.205. The molecule has 0 atom stereocenters. The SMILES string of the molecule is COc1cc(-c2cccs2)cc2c1OCCN(Cc1ccc(F)cc1)C2. The van der Waals surface area contributed by atoms with E-state index in [1.807, 2.05) is 18.2 Å². The summed E-state index contributed by atoms with van der Waals surface area (Å²) in [6.07, 6.45) is 0. The van der Waals surface area contributed by atoms with Gasteiger partial charge in [0.05, 0.1) is 7.11 Å². The van der Waals surface area contributed by atoms with Crippen LogP contribution >= 0.6 is 11.3 Å². The number of hydrogen-bond donors (Lipinski definition) is 0. The highest BCUT2D eigenvalue weighted by atomic mass is 32.1. The minimum Gasteiger partial charge on any atom is -0.493 e. The maximum Gasteiger partial charge on any atom is 0.165 e. The number of thiophene rings is 1. The van der Waals surface area contributed by atoms with Crippen molar-refractivity contribution in [3.05, 3.63) is 70.9 Å². The van der Waals surface area contributed by atoms with E-state index in [4.69, 9.17) is 9.47 Å². The van der Waals surface area contributed by atoms with Gasteiger partial charge in [-0.2, -0.15) is 0 Å². The summed E-state index contributed by atoms with van der Waals surface area (Å²) < 4.78 is 24.7. The summed E-state index contributed by atoms with van der Waals surface area (Å²) >= 11 is 1.71. The lowest BCUT2D eigenvalue weighted by Gasteiger charge is -2.20. The van der Waals surface area contributed by atoms with E-state index in [0.717, 1.165) is 47.8 Å². The normalized spacial score (nSPS) is 14.4. The van der Waals surface area contributed by atoms with Crippen molar-refractivity contribution in [3.63, 3.8) is 0 Å². The van der Waals surface area contributed by atoms with Gasteiger partial charge in [0.1, 0.15) is 12.4 Å². The maximum atomic E-state index is 13.1. The largest absolute Gasteiger partial charge is 0.493 e. The Bertz CT molecular complexity index is 878. The van der Waals surface area contributed by atoms with E-state index in [1.165, 1.54) is 17.0 Å². The highest BCUT2D eigenvalue weighted by Crippen LogP contribution is 2.39. The Labute approximate surface area is 156 Å². The van der Waals surface area contributed by atoms with Gasteiger partial charge in [-0.15, -0.1) is 11.3 Å². The molecular formula is C21H20FNO2S. The zero-order valence-electron chi connectivity index (χ0n) is 14.6. The molecule has 5 heteroatoms. The summed E-state index contributed by atoms with van der Waals surface area (Å²) in [4.78, 5) is 3.52. The Morgan fingerprint density at radius 3 is 2.77 bits per heavy atom. The summed E-state index contributed by atoms with van der Waals surface area (Å²) in [6, 6.07) is 15.1. The molecule has 0 fully saturated rings. The molecule has 0 unspecified atom stereocenters. The smallest absolute Gasteiger partial charge is 0.165 e. The molecular weight excluding hydrogens is 349 g/mol. The topological polar surface area (TPSA) is 21.7 Å². The number of halogens is 1. The standard InChI is InChI=1S/C21H20FNO2S/c1-24-19-12-16(20-3-2-10-26-20)11-17-14-23(8-9-25-21(17)19)13-15-4-6-18(22)7-5-15/h2-7,10-12H,8-9,13-14H2,1H3. The van der Waals surface area contributed by atoms with Gasteiger partial charge in [0.15, 0.2) is 11.5 Å². The predicted octanol–water partition coefficient (Wildman–Crippen LogP) is 4.96. The summed E-state index contributed by atoms with van der Waals surface area (Å²) in [5, 5.41) is 2.07. The van der Waals surface area contributed by atoms with Crippen molar-refractivity contribution in [2.75, 3.05) is 20.3 Å². The molecule has 26 heavy (non-hydrogen) atoms. The summed E-state index contributed by atoms with van der Waals surface area (Å²) in [5.41, 5.74) is 3.35. The molecule has 0 spiro atoms. The van der Waals surface area contributed by atoms with Crippen LogP contribution in [0.1, 0.15) is 11.1 Å². The van der Waals surface area contributed by atoms with Crippen LogP contribution in [0.25, 0.3) is 10.4 Å². The van der Waals surface area contributed by atoms with Gasteiger partial charge in [0, 0.05) is 30.1 Å². The number of benzene rings is 2. The molecule has 4 rings (SSSR count). The van der Waals surface area contributed by atoms with Crippen LogP contribution in [-0.4, -0.2) is 25.2 Å². The van der Waals surface area contributed by atoms with Crippen molar-refractivity contribution in [1.82, 2.24) is 4.90 Å². The highest BCUT2D eigenvalue weighted by Gasteiger charge is 2.21. The lowest BCUT2D eigenvalue weighted by Crippen LogP contribution is -2.25. The van der Waals surface area contributed by atoms with Crippen LogP contribution in [0.2, 0.25) is 0 Å². The van der Waals surface area contributed by atoms with E-state index in [2.05, 4.69) is 28.5 Å². The third-order valence-corrected chi connectivity index (χ3v) is 5.44. The van der Waals surface area contributed by atoms with Crippen molar-refractivity contribution in [2.24, 2.45) is 0 Å². The molecule has 1 aliphatic rings. The molecule has 0 bridgehead atoms. The highest BCUT2D eigenvalue weighted by molar-refractivity contribution is 7.13. The van der Waals surface area contributed by atoms with Crippen molar-refractivity contribution < 1.29 is 13.9 Å². The zero-order valence-corrected chi connectivity index (χ0v) is 15.4. The van der Waals surface area contributed by atoms with Crippen LogP contribution in [0.15, 0.2) is 53.9 Å². The second-order valence-electron chi connectivity index (χ2n) is 6.33. The summed E-state index contributed by atoms with van der Waals surface area (Å²) in [5.74, 6) is 1.40. The van der Waals surface area contributed by atoms with Crippen molar-refractivity contribution in [1.29, 1.82) is 0 Å². The molecule has 0 saturated carbocycles. The molecule has 0 saturated heterocycles. The fourth-order valence-corrected chi connectivity index (χ4v) is 3.97. The number of fused-ring (bicyclic) bond motifs is 1. The molecule has 2 heterocycles. The van der Waals surface area contributed by atoms with Crippen LogP contribution in [0.5, 0.6) is 11.5 Å². The monoisotopic (exact) mass is 369 g/mol. The number of methoxy groups -OCH3 is 1. The van der Waals surface area contributed by atoms with Gasteiger partial charge in [-0.3, -0.25) is 4.90 Å². The Morgan fingerprint density at radius 1 is 1.19 bits per heavy atom. The van der Waals surface area contributed by atoms with Gasteiger partial charge >= 0.3 is 0 Å². The average Bonchev–Trinajstić information content (AvgIpc) is 3.11. The first-order chi connectivity index (χ1) is 12.7. The fraction of sp³-hybridized carbons (Fsp3) is 0.238. The first kappa shape index (κ1) is 17.1. The molecule has 0 radical (unpaired) electrons. The Kier molecular flexibility index (Phi) is 4.91. The molecule has 1 aliphatic heterocycles. The van der Waals surface area contributed by atoms with Gasteiger partial charge in [0.2, 0.25) is 0 Å². The molecule has 0 aliphatic carbocycles. The molecule has 3 aromatic rings. The summed E-state index contributed by atoms with van der Waals surface area (Å²) in [7, 11) is 1.68. The third-order valence-electron chi connectivity index (χ3n) is 4.52. The lowest BCUT2D eigenvalue weighted by molar-refractivity contribution is 0.217. The number of nitrogens with zero attached hydrogens (tertiary/aromatic N) is 1. The van der Waals surface area contributed by atoms with E-state index >= 15 is 0 Å². The quantitative estimate of drug-likeness (QED) is 0.649. The zero-order chi connectivity index (χ0) is 17.9. The van der Waals surface area contributed by atoms with Crippen LogP contribution in [-0.2, 0) is 13.1 Å². The summed E-state index contributed by atoms with van der Waals surface area (Å²) in [6.45, 7) is 2.93. The first-order valence-electron chi connectivity index (χ1n) is 8.57. The Morgan fingerprint density at radius 2 is 2.04 bits per heavy atom. The second-order valence-corrected chi connectivity index (χ2v) is 7.28. The number of rotatable bonds is 4. The van der Waals surface area contributed by atoms with Crippen LogP contribution in [0.3, 0.4) is 0 Å². The van der Waals surface area contributed by atoms with E-state index in [9.17, 15) is 4.39 Å². The third kappa shape index (κ3) is 3.59. The van der Waals surface area contributed by atoms with E-state index in [-0.39, 0.29) is 5.82 Å². The van der Waals surface area contributed by atoms with Crippen molar-refractivity contribution in [2.45, 2.75) is 13.1 Å². The Hall–Kier alpha value is -2.37. The molecule has 134 valence electrons. The van der Waals surface area contributed by atoms with Gasteiger partial charge in [-0.05, 0) is 46.8 Å². The average molecular weight is 369 g/mol.